The molecule has 0 aromatic carbocycles. The van der Waals surface area contributed by atoms with Crippen molar-refractivity contribution in [1.82, 2.24) is 0 Å². The Balaban J connectivity index is 2.53. The van der Waals surface area contributed by atoms with Gasteiger partial charge in [0.2, 0.25) is 0 Å². The lowest BCUT2D eigenvalue weighted by molar-refractivity contribution is -0.148. The van der Waals surface area contributed by atoms with Gasteiger partial charge in [0, 0.05) is 13.5 Å². The molecule has 1 saturated heterocycles. The van der Waals surface area contributed by atoms with Gasteiger partial charge in [-0.1, -0.05) is 0 Å². The van der Waals surface area contributed by atoms with E-state index in [4.69, 9.17) is 9.47 Å². The zero-order valence-corrected chi connectivity index (χ0v) is 6.29. The van der Waals surface area contributed by atoms with E-state index in [2.05, 4.69) is 0 Å². The maximum Gasteiger partial charge on any atom is 0.166 e. The van der Waals surface area contributed by atoms with Crippen LogP contribution in [0.4, 0.5) is 0 Å². The number of Topliss-reactive ketones (excluding diaryl/α,β-unsaturated/α-hetero) is 1. The number of carbonyl (C=O) groups is 1. The van der Waals surface area contributed by atoms with Crippen molar-refractivity contribution in [3.8, 4) is 0 Å². The van der Waals surface area contributed by atoms with Crippen molar-refractivity contribution in [3.05, 3.63) is 0 Å². The van der Waals surface area contributed by atoms with E-state index < -0.39 is 0 Å². The zero-order chi connectivity index (χ0) is 7.56. The minimum atomic E-state index is -0.339. The van der Waals surface area contributed by atoms with Gasteiger partial charge in [-0.05, 0) is 6.92 Å². The second-order valence-electron chi connectivity index (χ2n) is 2.45. The van der Waals surface area contributed by atoms with Gasteiger partial charge in [-0.25, -0.2) is 0 Å². The maximum absolute atomic E-state index is 11.0. The molecule has 10 heavy (non-hydrogen) atoms. The van der Waals surface area contributed by atoms with Gasteiger partial charge in [-0.2, -0.15) is 0 Å². The van der Waals surface area contributed by atoms with E-state index in [1.54, 1.807) is 0 Å². The quantitative estimate of drug-likeness (QED) is 0.533. The van der Waals surface area contributed by atoms with Gasteiger partial charge >= 0.3 is 0 Å². The molecule has 0 aliphatic carbocycles. The van der Waals surface area contributed by atoms with Crippen molar-refractivity contribution < 1.29 is 14.3 Å². The van der Waals surface area contributed by atoms with Crippen LogP contribution in [-0.2, 0) is 14.3 Å². The fraction of sp³-hybridized carbons (Fsp3) is 0.857. The van der Waals surface area contributed by atoms with Gasteiger partial charge in [0.1, 0.15) is 6.10 Å². The monoisotopic (exact) mass is 144 g/mol. The highest BCUT2D eigenvalue weighted by Crippen LogP contribution is 2.12. The van der Waals surface area contributed by atoms with Crippen molar-refractivity contribution in [2.75, 3.05) is 13.7 Å². The third-order valence-corrected chi connectivity index (χ3v) is 1.73. The Morgan fingerprint density at radius 1 is 1.70 bits per heavy atom. The van der Waals surface area contributed by atoms with Crippen LogP contribution in [0.3, 0.4) is 0 Å². The van der Waals surface area contributed by atoms with Gasteiger partial charge in [-0.3, -0.25) is 4.79 Å². The molecule has 0 spiro atoms. The van der Waals surface area contributed by atoms with Crippen molar-refractivity contribution >= 4 is 5.78 Å². The van der Waals surface area contributed by atoms with E-state index in [-0.39, 0.29) is 18.0 Å². The van der Waals surface area contributed by atoms with Crippen LogP contribution in [0, 0.1) is 0 Å². The number of hydrogen-bond acceptors (Lipinski definition) is 3. The van der Waals surface area contributed by atoms with E-state index in [1.807, 2.05) is 6.92 Å². The molecule has 1 aliphatic rings. The standard InChI is InChI=1S/C7H12O3/c1-5-7(9-2)6(8)3-4-10-5/h5,7H,3-4H2,1-2H3. The molecule has 1 aliphatic heterocycles. The summed E-state index contributed by atoms with van der Waals surface area (Å²) < 4.78 is 10.1. The second kappa shape index (κ2) is 3.12. The fourth-order valence-corrected chi connectivity index (χ4v) is 1.16. The first kappa shape index (κ1) is 7.69. The first-order valence-electron chi connectivity index (χ1n) is 3.43. The Morgan fingerprint density at radius 3 is 2.80 bits per heavy atom. The Morgan fingerprint density at radius 2 is 2.40 bits per heavy atom. The number of hydrogen-bond donors (Lipinski definition) is 0. The third kappa shape index (κ3) is 1.36. The highest BCUT2D eigenvalue weighted by atomic mass is 16.5. The van der Waals surface area contributed by atoms with E-state index >= 15 is 0 Å². The van der Waals surface area contributed by atoms with Crippen LogP contribution in [0.25, 0.3) is 0 Å². The van der Waals surface area contributed by atoms with Crippen LogP contribution in [0.15, 0.2) is 0 Å². The molecule has 0 N–H and O–H groups in total. The summed E-state index contributed by atoms with van der Waals surface area (Å²) in [6.07, 6.45) is 0.0723. The SMILES string of the molecule is COC1C(=O)CCOC1C. The smallest absolute Gasteiger partial charge is 0.166 e. The van der Waals surface area contributed by atoms with Crippen LogP contribution in [0.5, 0.6) is 0 Å². The topological polar surface area (TPSA) is 35.5 Å². The number of methoxy groups -OCH3 is 1. The first-order chi connectivity index (χ1) is 4.75. The molecular formula is C7H12O3. The minimum Gasteiger partial charge on any atom is -0.375 e. The minimum absolute atomic E-state index is 0.0775. The summed E-state index contributed by atoms with van der Waals surface area (Å²) in [5.74, 6) is 0.154. The summed E-state index contributed by atoms with van der Waals surface area (Å²) >= 11 is 0. The highest BCUT2D eigenvalue weighted by molar-refractivity contribution is 5.84. The predicted octanol–water partition coefficient (Wildman–Crippen LogP) is 0.379. The summed E-state index contributed by atoms with van der Waals surface area (Å²) in [5, 5.41) is 0. The Labute approximate surface area is 60.3 Å². The predicted molar refractivity (Wildman–Crippen MR) is 35.8 cm³/mol. The molecule has 0 bridgehead atoms. The normalized spacial score (nSPS) is 34.4. The molecular weight excluding hydrogens is 132 g/mol. The lowest BCUT2D eigenvalue weighted by Crippen LogP contribution is -2.40. The van der Waals surface area contributed by atoms with Crippen molar-refractivity contribution in [3.63, 3.8) is 0 Å². The van der Waals surface area contributed by atoms with Gasteiger partial charge in [0.15, 0.2) is 5.78 Å². The molecule has 1 heterocycles. The Bertz CT molecular complexity index is 133. The van der Waals surface area contributed by atoms with Gasteiger partial charge in [0.05, 0.1) is 12.7 Å². The summed E-state index contributed by atoms with van der Waals surface area (Å²) in [4.78, 5) is 11.0. The van der Waals surface area contributed by atoms with Crippen LogP contribution >= 0.6 is 0 Å². The first-order valence-corrected chi connectivity index (χ1v) is 3.43. The zero-order valence-electron chi connectivity index (χ0n) is 6.29. The molecule has 0 amide bonds. The summed E-state index contributed by atoms with van der Waals surface area (Å²) in [6.45, 7) is 2.39. The van der Waals surface area contributed by atoms with E-state index in [9.17, 15) is 4.79 Å². The molecule has 0 aromatic rings. The van der Waals surface area contributed by atoms with E-state index in [0.717, 1.165) is 0 Å². The maximum atomic E-state index is 11.0. The molecule has 1 fully saturated rings. The molecule has 3 nitrogen and oxygen atoms in total. The number of ketones is 1. The largest absolute Gasteiger partial charge is 0.375 e. The lowest BCUT2D eigenvalue weighted by atomic mass is 10.1. The molecule has 2 unspecified atom stereocenters. The molecule has 0 aromatic heterocycles. The molecule has 0 radical (unpaired) electrons. The summed E-state index contributed by atoms with van der Waals surface area (Å²) in [6, 6.07) is 0. The van der Waals surface area contributed by atoms with Crippen molar-refractivity contribution in [2.24, 2.45) is 0 Å². The molecule has 3 heteroatoms. The van der Waals surface area contributed by atoms with Crippen LogP contribution < -0.4 is 0 Å². The van der Waals surface area contributed by atoms with E-state index in [0.29, 0.717) is 13.0 Å². The molecule has 1 rings (SSSR count). The van der Waals surface area contributed by atoms with Crippen LogP contribution in [0.2, 0.25) is 0 Å². The average molecular weight is 144 g/mol. The summed E-state index contributed by atoms with van der Waals surface area (Å²) in [5.41, 5.74) is 0. The Kier molecular flexibility index (Phi) is 2.40. The van der Waals surface area contributed by atoms with Gasteiger partial charge in [-0.15, -0.1) is 0 Å². The summed E-state index contributed by atoms with van der Waals surface area (Å²) in [7, 11) is 1.54. The second-order valence-corrected chi connectivity index (χ2v) is 2.45. The third-order valence-electron chi connectivity index (χ3n) is 1.73. The van der Waals surface area contributed by atoms with Gasteiger partial charge in [0.25, 0.3) is 0 Å². The fourth-order valence-electron chi connectivity index (χ4n) is 1.16. The average Bonchev–Trinajstić information content (AvgIpc) is 1.88. The van der Waals surface area contributed by atoms with Crippen molar-refractivity contribution in [1.29, 1.82) is 0 Å². The number of ether oxygens (including phenoxy) is 2. The van der Waals surface area contributed by atoms with Crippen LogP contribution in [-0.4, -0.2) is 31.7 Å². The Hall–Kier alpha value is -0.410. The highest BCUT2D eigenvalue weighted by Gasteiger charge is 2.28. The molecule has 0 saturated carbocycles. The molecule has 58 valence electrons. The molecule has 2 atom stereocenters. The van der Waals surface area contributed by atoms with Crippen molar-refractivity contribution in [2.45, 2.75) is 25.6 Å². The van der Waals surface area contributed by atoms with Gasteiger partial charge < -0.3 is 9.47 Å². The van der Waals surface area contributed by atoms with Crippen LogP contribution in [0.1, 0.15) is 13.3 Å². The number of carbonyl (C=O) groups excluding carboxylic acids is 1. The lowest BCUT2D eigenvalue weighted by Gasteiger charge is -2.26. The number of rotatable bonds is 1. The van der Waals surface area contributed by atoms with E-state index in [1.165, 1.54) is 7.11 Å².